The van der Waals surface area contributed by atoms with E-state index in [4.69, 9.17) is 5.21 Å². The highest BCUT2D eigenvalue weighted by molar-refractivity contribution is 5.93. The van der Waals surface area contributed by atoms with E-state index >= 15 is 0 Å². The molecule has 2 aromatic heterocycles. The van der Waals surface area contributed by atoms with Crippen molar-refractivity contribution in [3.63, 3.8) is 0 Å². The van der Waals surface area contributed by atoms with Gasteiger partial charge in [0.15, 0.2) is 0 Å². The predicted octanol–water partition coefficient (Wildman–Crippen LogP) is 4.28. The number of fused-ring (bicyclic) bond motifs is 1. The van der Waals surface area contributed by atoms with Gasteiger partial charge in [-0.1, -0.05) is 42.5 Å². The van der Waals surface area contributed by atoms with Crippen LogP contribution < -0.4 is 16.1 Å². The molecule has 35 heavy (non-hydrogen) atoms. The van der Waals surface area contributed by atoms with Gasteiger partial charge < -0.3 is 15.6 Å². The summed E-state index contributed by atoms with van der Waals surface area (Å²) in [6, 6.07) is 19.9. The van der Waals surface area contributed by atoms with Crippen molar-refractivity contribution in [1.29, 1.82) is 0 Å². The minimum atomic E-state index is -0.445. The first kappa shape index (κ1) is 23.9. The molecule has 2 heterocycles. The Morgan fingerprint density at radius 3 is 2.40 bits per heavy atom. The lowest BCUT2D eigenvalue weighted by Gasteiger charge is -2.06. The van der Waals surface area contributed by atoms with E-state index in [0.717, 1.165) is 41.1 Å². The molecule has 9 heteroatoms. The lowest BCUT2D eigenvalue weighted by molar-refractivity contribution is -0.129. The molecule has 0 spiro atoms. The highest BCUT2D eigenvalue weighted by atomic mass is 16.5. The molecule has 0 aliphatic heterocycles. The quantitative estimate of drug-likeness (QED) is 0.126. The maximum absolute atomic E-state index is 12.1. The fraction of sp³-hybridized carbons (Fsp3) is 0.231. The maximum atomic E-state index is 12.1. The minimum absolute atomic E-state index is 0.116. The first-order valence-electron chi connectivity index (χ1n) is 11.6. The zero-order valence-corrected chi connectivity index (χ0v) is 19.3. The number of hydrogen-bond acceptors (Lipinski definition) is 6. The van der Waals surface area contributed by atoms with Crippen LogP contribution in [0.3, 0.4) is 0 Å². The average molecular weight is 473 g/mol. The molecule has 2 amide bonds. The van der Waals surface area contributed by atoms with Crippen LogP contribution in [0.5, 0.6) is 0 Å². The van der Waals surface area contributed by atoms with Crippen LogP contribution in [0.15, 0.2) is 67.0 Å². The first-order chi connectivity index (χ1) is 17.1. The van der Waals surface area contributed by atoms with Crippen LogP contribution in [-0.4, -0.2) is 38.5 Å². The predicted molar refractivity (Wildman–Crippen MR) is 135 cm³/mol. The Labute approximate surface area is 203 Å². The number of hydroxylamine groups is 1. The number of benzene rings is 2. The second kappa shape index (κ2) is 11.8. The van der Waals surface area contributed by atoms with E-state index < -0.39 is 5.91 Å². The number of rotatable bonds is 11. The zero-order valence-electron chi connectivity index (χ0n) is 19.3. The maximum Gasteiger partial charge on any atom is 0.243 e. The molecule has 0 atom stereocenters. The van der Waals surface area contributed by atoms with Gasteiger partial charge in [-0.2, -0.15) is 0 Å². The minimum Gasteiger partial charge on any atom is -0.369 e. The van der Waals surface area contributed by atoms with Gasteiger partial charge >= 0.3 is 0 Å². The largest absolute Gasteiger partial charge is 0.369 e. The van der Waals surface area contributed by atoms with Gasteiger partial charge in [0.05, 0.1) is 5.39 Å². The Balaban J connectivity index is 1.34. The fourth-order valence-corrected chi connectivity index (χ4v) is 3.79. The normalized spacial score (nSPS) is 10.8. The summed E-state index contributed by atoms with van der Waals surface area (Å²) in [6.07, 6.45) is 4.04. The lowest BCUT2D eigenvalue weighted by atomic mass is 10.1. The molecule has 4 rings (SSSR count). The average Bonchev–Trinajstić information content (AvgIpc) is 3.33. The Morgan fingerprint density at radius 1 is 0.914 bits per heavy atom. The summed E-state index contributed by atoms with van der Waals surface area (Å²) in [7, 11) is 0. The monoisotopic (exact) mass is 472 g/mol. The second-order valence-electron chi connectivity index (χ2n) is 8.20. The summed E-state index contributed by atoms with van der Waals surface area (Å²) in [5.74, 6) is 0.224. The summed E-state index contributed by atoms with van der Waals surface area (Å²) < 4.78 is 0. The number of carbonyl (C=O) groups is 2. The smallest absolute Gasteiger partial charge is 0.243 e. The highest BCUT2D eigenvalue weighted by Gasteiger charge is 2.10. The molecule has 5 N–H and O–H groups in total. The van der Waals surface area contributed by atoms with E-state index in [9.17, 15) is 9.59 Å². The number of H-pyrrole nitrogens is 1. The molecule has 0 radical (unpaired) electrons. The topological polar surface area (TPSA) is 132 Å². The Hall–Kier alpha value is -4.24. The van der Waals surface area contributed by atoms with E-state index in [1.165, 1.54) is 5.56 Å². The first-order valence-corrected chi connectivity index (χ1v) is 11.6. The van der Waals surface area contributed by atoms with E-state index in [1.54, 1.807) is 11.8 Å². The summed E-state index contributed by atoms with van der Waals surface area (Å²) in [5.41, 5.74) is 6.18. The fourth-order valence-electron chi connectivity index (χ4n) is 3.79. The third-order valence-corrected chi connectivity index (χ3v) is 5.64. The number of hydrogen-bond donors (Lipinski definition) is 5. The van der Waals surface area contributed by atoms with Crippen LogP contribution in [0.2, 0.25) is 0 Å². The molecule has 180 valence electrons. The lowest BCUT2D eigenvalue weighted by Crippen LogP contribution is -2.18. The number of aromatic amines is 1. The van der Waals surface area contributed by atoms with Gasteiger partial charge in [-0.05, 0) is 48.6 Å². The number of aromatic nitrogens is 3. The number of carbonyl (C=O) groups excluding carboxylic acids is 2. The molecule has 0 unspecified atom stereocenters. The van der Waals surface area contributed by atoms with Crippen molar-refractivity contribution in [2.45, 2.75) is 32.1 Å². The van der Waals surface area contributed by atoms with Crippen LogP contribution in [0.25, 0.3) is 22.3 Å². The third-order valence-electron chi connectivity index (χ3n) is 5.64. The summed E-state index contributed by atoms with van der Waals surface area (Å²) in [6.45, 7) is 0.764. The molecule has 0 saturated carbocycles. The summed E-state index contributed by atoms with van der Waals surface area (Å²) in [5, 5.41) is 15.7. The Bertz CT molecular complexity index is 1270. The number of nitrogens with one attached hydrogen (secondary N) is 4. The SMILES string of the molecule is O=C(CCCCC(=O)Nc1ccc(-c2cc3c(NCCc4ccccc4)ncnc3[nH]2)cc1)NO. The van der Waals surface area contributed by atoms with Crippen molar-refractivity contribution >= 4 is 34.4 Å². The standard InChI is InChI=1S/C26H28N6O3/c33-23(8-4-5-9-24(34)32-35)30-20-12-10-19(11-13-20)22-16-21-25(28-17-29-26(21)31-22)27-15-14-18-6-2-1-3-7-18/h1-3,6-7,10-13,16-17,35H,4-5,8-9,14-15H2,(H,30,33)(H,32,34)(H2,27,28,29,31). The molecule has 0 aliphatic carbocycles. The van der Waals surface area contributed by atoms with E-state index in [1.807, 2.05) is 48.5 Å². The van der Waals surface area contributed by atoms with E-state index in [2.05, 4.69) is 37.7 Å². The van der Waals surface area contributed by atoms with Crippen molar-refractivity contribution in [3.8, 4) is 11.3 Å². The van der Waals surface area contributed by atoms with Gasteiger partial charge in [0, 0.05) is 30.8 Å². The summed E-state index contributed by atoms with van der Waals surface area (Å²) >= 11 is 0. The van der Waals surface area contributed by atoms with Gasteiger partial charge in [0.2, 0.25) is 11.8 Å². The number of unbranched alkanes of at least 4 members (excludes halogenated alkanes) is 1. The van der Waals surface area contributed by atoms with Crippen LogP contribution in [0.1, 0.15) is 31.2 Å². The van der Waals surface area contributed by atoms with Crippen LogP contribution in [-0.2, 0) is 16.0 Å². The molecular weight excluding hydrogens is 444 g/mol. The number of nitrogens with zero attached hydrogens (tertiary/aromatic N) is 2. The van der Waals surface area contributed by atoms with Crippen molar-refractivity contribution < 1.29 is 14.8 Å². The second-order valence-corrected chi connectivity index (χ2v) is 8.20. The van der Waals surface area contributed by atoms with Crippen LogP contribution >= 0.6 is 0 Å². The molecule has 0 aliphatic rings. The molecule has 2 aromatic carbocycles. The van der Waals surface area contributed by atoms with Crippen molar-refractivity contribution in [2.24, 2.45) is 0 Å². The molecule has 0 saturated heterocycles. The van der Waals surface area contributed by atoms with E-state index in [-0.39, 0.29) is 12.3 Å². The van der Waals surface area contributed by atoms with E-state index in [0.29, 0.717) is 24.9 Å². The van der Waals surface area contributed by atoms with Crippen molar-refractivity contribution in [1.82, 2.24) is 20.4 Å². The molecule has 0 fully saturated rings. The van der Waals surface area contributed by atoms with Gasteiger partial charge in [-0.15, -0.1) is 0 Å². The van der Waals surface area contributed by atoms with Crippen molar-refractivity contribution in [3.05, 3.63) is 72.6 Å². The third kappa shape index (κ3) is 6.64. The molecular formula is C26H28N6O3. The number of amides is 2. The van der Waals surface area contributed by atoms with Crippen LogP contribution in [0, 0.1) is 0 Å². The molecule has 0 bridgehead atoms. The van der Waals surface area contributed by atoms with Crippen molar-refractivity contribution in [2.75, 3.05) is 17.2 Å². The summed E-state index contributed by atoms with van der Waals surface area (Å²) in [4.78, 5) is 35.2. The zero-order chi connectivity index (χ0) is 24.5. The number of anilines is 2. The van der Waals surface area contributed by atoms with Gasteiger partial charge in [0.1, 0.15) is 17.8 Å². The van der Waals surface area contributed by atoms with Gasteiger partial charge in [-0.3, -0.25) is 14.8 Å². The van der Waals surface area contributed by atoms with Crippen LogP contribution in [0.4, 0.5) is 11.5 Å². The van der Waals surface area contributed by atoms with Gasteiger partial charge in [0.25, 0.3) is 0 Å². The Morgan fingerprint density at radius 2 is 1.66 bits per heavy atom. The molecule has 4 aromatic rings. The Kier molecular flexibility index (Phi) is 8.03. The molecule has 9 nitrogen and oxygen atoms in total. The highest BCUT2D eigenvalue weighted by Crippen LogP contribution is 2.27. The van der Waals surface area contributed by atoms with Gasteiger partial charge in [-0.25, -0.2) is 15.4 Å².